The standard InChI is InChI=1S/C11H15FN2O2S/c1-8(7-17-2)6-13-11-4-3-9(14(15)16)5-10(11)12/h3-5,8,13H,6-7H2,1-2H3. The first-order chi connectivity index (χ1) is 8.04. The number of nitrogens with one attached hydrogen (secondary N) is 1. The first kappa shape index (κ1) is 13.8. The van der Waals surface area contributed by atoms with Crippen LogP contribution in [-0.2, 0) is 0 Å². The van der Waals surface area contributed by atoms with E-state index in [9.17, 15) is 14.5 Å². The van der Waals surface area contributed by atoms with Crippen molar-refractivity contribution < 1.29 is 9.31 Å². The summed E-state index contributed by atoms with van der Waals surface area (Å²) in [5, 5.41) is 13.4. The van der Waals surface area contributed by atoms with Crippen molar-refractivity contribution in [1.82, 2.24) is 0 Å². The molecular formula is C11H15FN2O2S. The summed E-state index contributed by atoms with van der Waals surface area (Å²) >= 11 is 1.73. The number of thioether (sulfide) groups is 1. The van der Waals surface area contributed by atoms with Crippen molar-refractivity contribution in [2.24, 2.45) is 5.92 Å². The molecule has 6 heteroatoms. The summed E-state index contributed by atoms with van der Waals surface area (Å²) in [6, 6.07) is 3.63. The van der Waals surface area contributed by atoms with Crippen LogP contribution in [0.15, 0.2) is 18.2 Å². The highest BCUT2D eigenvalue weighted by Gasteiger charge is 2.11. The number of anilines is 1. The highest BCUT2D eigenvalue weighted by Crippen LogP contribution is 2.20. The molecule has 0 amide bonds. The molecule has 0 saturated heterocycles. The number of hydrogen-bond acceptors (Lipinski definition) is 4. The van der Waals surface area contributed by atoms with Crippen molar-refractivity contribution in [3.63, 3.8) is 0 Å². The van der Waals surface area contributed by atoms with E-state index in [2.05, 4.69) is 12.2 Å². The summed E-state index contributed by atoms with van der Waals surface area (Å²) in [6.07, 6.45) is 2.02. The van der Waals surface area contributed by atoms with E-state index in [-0.39, 0.29) is 5.69 Å². The van der Waals surface area contributed by atoms with E-state index in [0.29, 0.717) is 18.2 Å². The molecule has 0 spiro atoms. The average Bonchev–Trinajstić information content (AvgIpc) is 2.27. The van der Waals surface area contributed by atoms with E-state index in [4.69, 9.17) is 0 Å². The molecular weight excluding hydrogens is 243 g/mol. The van der Waals surface area contributed by atoms with Crippen molar-refractivity contribution in [2.45, 2.75) is 6.92 Å². The van der Waals surface area contributed by atoms with Crippen LogP contribution in [0.5, 0.6) is 0 Å². The largest absolute Gasteiger partial charge is 0.382 e. The van der Waals surface area contributed by atoms with Crippen LogP contribution in [0.1, 0.15) is 6.92 Å². The molecule has 0 aromatic heterocycles. The second kappa shape index (κ2) is 6.44. The fourth-order valence-corrected chi connectivity index (χ4v) is 2.08. The Bertz CT molecular complexity index is 401. The minimum Gasteiger partial charge on any atom is -0.382 e. The first-order valence-corrected chi connectivity index (χ1v) is 6.60. The Hall–Kier alpha value is -1.30. The molecule has 0 heterocycles. The lowest BCUT2D eigenvalue weighted by Crippen LogP contribution is -2.14. The molecule has 0 fully saturated rings. The van der Waals surface area contributed by atoms with Gasteiger partial charge in [0.2, 0.25) is 0 Å². The molecule has 4 nitrogen and oxygen atoms in total. The zero-order valence-corrected chi connectivity index (χ0v) is 10.6. The average molecular weight is 258 g/mol. The van der Waals surface area contributed by atoms with Crippen molar-refractivity contribution in [3.8, 4) is 0 Å². The molecule has 0 aliphatic heterocycles. The quantitative estimate of drug-likeness (QED) is 0.629. The molecule has 1 atom stereocenters. The van der Waals surface area contributed by atoms with Gasteiger partial charge in [-0.1, -0.05) is 6.92 Å². The maximum atomic E-state index is 13.5. The number of nitro benzene ring substituents is 1. The second-order valence-corrected chi connectivity index (χ2v) is 4.77. The predicted molar refractivity (Wildman–Crippen MR) is 69.1 cm³/mol. The number of benzene rings is 1. The SMILES string of the molecule is CSCC(C)CNc1ccc([N+](=O)[O-])cc1F. The summed E-state index contributed by atoms with van der Waals surface area (Å²) in [5.74, 6) is 0.817. The lowest BCUT2D eigenvalue weighted by atomic mass is 10.2. The number of hydrogen-bond donors (Lipinski definition) is 1. The van der Waals surface area contributed by atoms with E-state index in [0.717, 1.165) is 11.8 Å². The van der Waals surface area contributed by atoms with Crippen LogP contribution < -0.4 is 5.32 Å². The van der Waals surface area contributed by atoms with Crippen LogP contribution in [0.4, 0.5) is 15.8 Å². The Morgan fingerprint density at radius 2 is 2.29 bits per heavy atom. The minimum absolute atomic E-state index is 0.231. The molecule has 1 aromatic rings. The monoisotopic (exact) mass is 258 g/mol. The number of nitrogens with zero attached hydrogens (tertiary/aromatic N) is 1. The molecule has 0 aliphatic carbocycles. The molecule has 0 bridgehead atoms. The van der Waals surface area contributed by atoms with Gasteiger partial charge in [-0.25, -0.2) is 4.39 Å². The third-order valence-electron chi connectivity index (χ3n) is 2.26. The van der Waals surface area contributed by atoms with Gasteiger partial charge in [0.1, 0.15) is 0 Å². The van der Waals surface area contributed by atoms with E-state index in [1.165, 1.54) is 12.1 Å². The molecule has 0 saturated carbocycles. The van der Waals surface area contributed by atoms with E-state index in [1.807, 2.05) is 6.26 Å². The Labute approximate surface area is 104 Å². The van der Waals surface area contributed by atoms with Gasteiger partial charge >= 0.3 is 0 Å². The summed E-state index contributed by atoms with van der Waals surface area (Å²) in [5.41, 5.74) is 0.0776. The zero-order chi connectivity index (χ0) is 12.8. The third-order valence-corrected chi connectivity index (χ3v) is 3.16. The molecule has 0 aliphatic rings. The lowest BCUT2D eigenvalue weighted by Gasteiger charge is -2.12. The summed E-state index contributed by atoms with van der Waals surface area (Å²) in [7, 11) is 0. The van der Waals surface area contributed by atoms with Gasteiger partial charge < -0.3 is 5.32 Å². The number of rotatable bonds is 6. The van der Waals surface area contributed by atoms with Crippen molar-refractivity contribution in [1.29, 1.82) is 0 Å². The Kier molecular flexibility index (Phi) is 5.21. The van der Waals surface area contributed by atoms with Crippen LogP contribution in [0.25, 0.3) is 0 Å². The van der Waals surface area contributed by atoms with Gasteiger partial charge in [0.25, 0.3) is 5.69 Å². The smallest absolute Gasteiger partial charge is 0.272 e. The molecule has 1 unspecified atom stereocenters. The lowest BCUT2D eigenvalue weighted by molar-refractivity contribution is -0.385. The highest BCUT2D eigenvalue weighted by molar-refractivity contribution is 7.98. The number of non-ortho nitro benzene ring substituents is 1. The number of nitro groups is 1. The normalized spacial score (nSPS) is 12.2. The molecule has 17 heavy (non-hydrogen) atoms. The molecule has 94 valence electrons. The van der Waals surface area contributed by atoms with Crippen molar-refractivity contribution in [3.05, 3.63) is 34.1 Å². The molecule has 1 rings (SSSR count). The zero-order valence-electron chi connectivity index (χ0n) is 9.77. The van der Waals surface area contributed by atoms with Crippen molar-refractivity contribution in [2.75, 3.05) is 23.9 Å². The molecule has 1 aromatic carbocycles. The highest BCUT2D eigenvalue weighted by atomic mass is 32.2. The second-order valence-electron chi connectivity index (χ2n) is 3.86. The predicted octanol–water partition coefficient (Wildman–Crippen LogP) is 3.14. The van der Waals surface area contributed by atoms with Gasteiger partial charge in [0, 0.05) is 12.6 Å². The van der Waals surface area contributed by atoms with Crippen LogP contribution in [0.3, 0.4) is 0 Å². The first-order valence-electron chi connectivity index (χ1n) is 5.21. The van der Waals surface area contributed by atoms with E-state index < -0.39 is 10.7 Å². The third kappa shape index (κ3) is 4.22. The van der Waals surface area contributed by atoms with Gasteiger partial charge in [-0.3, -0.25) is 10.1 Å². The Morgan fingerprint density at radius 1 is 1.59 bits per heavy atom. The summed E-state index contributed by atoms with van der Waals surface area (Å²) in [4.78, 5) is 9.82. The maximum absolute atomic E-state index is 13.5. The van der Waals surface area contributed by atoms with Crippen LogP contribution in [0.2, 0.25) is 0 Å². The van der Waals surface area contributed by atoms with Gasteiger partial charge in [-0.15, -0.1) is 0 Å². The fourth-order valence-electron chi connectivity index (χ4n) is 1.39. The van der Waals surface area contributed by atoms with E-state index >= 15 is 0 Å². The summed E-state index contributed by atoms with van der Waals surface area (Å²) in [6.45, 7) is 2.71. The van der Waals surface area contributed by atoms with Crippen molar-refractivity contribution >= 4 is 23.1 Å². The Morgan fingerprint density at radius 3 is 2.82 bits per heavy atom. The van der Waals surface area contributed by atoms with Crippen LogP contribution in [-0.4, -0.2) is 23.5 Å². The van der Waals surface area contributed by atoms with Gasteiger partial charge in [-0.2, -0.15) is 11.8 Å². The van der Waals surface area contributed by atoms with E-state index in [1.54, 1.807) is 11.8 Å². The van der Waals surface area contributed by atoms with Gasteiger partial charge in [-0.05, 0) is 24.0 Å². The maximum Gasteiger partial charge on any atom is 0.272 e. The van der Waals surface area contributed by atoms with Gasteiger partial charge in [0.05, 0.1) is 16.7 Å². The minimum atomic E-state index is -0.608. The van der Waals surface area contributed by atoms with Crippen LogP contribution >= 0.6 is 11.8 Å². The van der Waals surface area contributed by atoms with Crippen LogP contribution in [0, 0.1) is 21.8 Å². The fraction of sp³-hybridized carbons (Fsp3) is 0.455. The number of halogens is 1. The topological polar surface area (TPSA) is 55.2 Å². The summed E-state index contributed by atoms with van der Waals surface area (Å²) < 4.78 is 13.5. The van der Waals surface area contributed by atoms with Gasteiger partial charge in [0.15, 0.2) is 5.82 Å². The molecule has 1 N–H and O–H groups in total. The Balaban J connectivity index is 2.63. The molecule has 0 radical (unpaired) electrons.